The smallest absolute Gasteiger partial charge is 0.323 e. The Labute approximate surface area is 258 Å². The molecule has 3 amide bonds. The first-order valence-electron chi connectivity index (χ1n) is 14.4. The van der Waals surface area contributed by atoms with Crippen molar-refractivity contribution in [3.63, 3.8) is 0 Å². The third kappa shape index (κ3) is 5.52. The minimum Gasteiger partial charge on any atom is -0.452 e. The molecule has 7 rings (SSSR count). The number of morpholine rings is 1. The van der Waals surface area contributed by atoms with Gasteiger partial charge in [-0.15, -0.1) is 0 Å². The van der Waals surface area contributed by atoms with E-state index >= 15 is 0 Å². The van der Waals surface area contributed by atoms with Crippen LogP contribution >= 0.6 is 0 Å². The van der Waals surface area contributed by atoms with E-state index in [1.54, 1.807) is 53.7 Å². The molecule has 3 aromatic heterocycles. The second kappa shape index (κ2) is 11.7. The minimum absolute atomic E-state index is 0.0150. The maximum Gasteiger partial charge on any atom is 0.323 e. The largest absolute Gasteiger partial charge is 0.452 e. The average Bonchev–Trinajstić information content (AvgIpc) is 3.56. The molecule has 2 aliphatic heterocycles. The lowest BCUT2D eigenvalue weighted by atomic mass is 9.99. The highest BCUT2D eigenvalue weighted by atomic mass is 16.5. The van der Waals surface area contributed by atoms with E-state index in [9.17, 15) is 14.4 Å². The molecule has 11 heteroatoms. The number of urea groups is 1. The van der Waals surface area contributed by atoms with Crippen LogP contribution in [0.15, 0.2) is 91.2 Å². The molecule has 45 heavy (non-hydrogen) atoms. The van der Waals surface area contributed by atoms with Gasteiger partial charge in [0.15, 0.2) is 5.76 Å². The molecular formula is C34H28N6O5. The van der Waals surface area contributed by atoms with Crippen molar-refractivity contribution in [2.24, 2.45) is 7.05 Å². The zero-order valence-corrected chi connectivity index (χ0v) is 24.3. The predicted octanol–water partition coefficient (Wildman–Crippen LogP) is 5.37. The van der Waals surface area contributed by atoms with Crippen LogP contribution in [0.3, 0.4) is 0 Å². The fourth-order valence-electron chi connectivity index (χ4n) is 5.57. The van der Waals surface area contributed by atoms with Crippen molar-refractivity contribution < 1.29 is 23.9 Å². The SMILES string of the molecule is Cn1cc(/C=C2\Oc3ccc(NC(=O)Nc4cccnc4)cc3C2=O)c2c(-c3ccc(C(=O)N4CCOCC4)cc3)ccnc21. The highest BCUT2D eigenvalue weighted by Gasteiger charge is 2.29. The van der Waals surface area contributed by atoms with Crippen LogP contribution in [-0.4, -0.2) is 63.5 Å². The Morgan fingerprint density at radius 3 is 2.51 bits per heavy atom. The molecule has 5 heterocycles. The van der Waals surface area contributed by atoms with Crippen LogP contribution in [0.25, 0.3) is 28.2 Å². The highest BCUT2D eigenvalue weighted by molar-refractivity contribution is 6.16. The molecule has 0 saturated carbocycles. The Bertz CT molecular complexity index is 1980. The topological polar surface area (TPSA) is 128 Å². The number of Topliss-reactive ketones (excluding diaryl/α,β-unsaturated/α-hetero) is 1. The summed E-state index contributed by atoms with van der Waals surface area (Å²) in [5.41, 5.74) is 5.27. The predicted molar refractivity (Wildman–Crippen MR) is 169 cm³/mol. The first-order chi connectivity index (χ1) is 21.9. The van der Waals surface area contributed by atoms with E-state index in [0.29, 0.717) is 54.6 Å². The minimum atomic E-state index is -0.459. The molecule has 0 spiro atoms. The quantitative estimate of drug-likeness (QED) is 0.260. The molecule has 1 saturated heterocycles. The van der Waals surface area contributed by atoms with E-state index in [4.69, 9.17) is 9.47 Å². The number of amides is 3. The number of ether oxygens (including phenoxy) is 2. The lowest BCUT2D eigenvalue weighted by Crippen LogP contribution is -2.40. The number of aromatic nitrogens is 3. The van der Waals surface area contributed by atoms with Gasteiger partial charge in [-0.1, -0.05) is 12.1 Å². The van der Waals surface area contributed by atoms with Crippen molar-refractivity contribution in [2.45, 2.75) is 0 Å². The summed E-state index contributed by atoms with van der Waals surface area (Å²) in [6.07, 6.45) is 8.51. The number of benzene rings is 2. The number of allylic oxidation sites excluding steroid dienone is 1. The van der Waals surface area contributed by atoms with Gasteiger partial charge in [0.1, 0.15) is 11.4 Å². The fraction of sp³-hybridized carbons (Fsp3) is 0.147. The molecule has 2 N–H and O–H groups in total. The first-order valence-corrected chi connectivity index (χ1v) is 14.4. The summed E-state index contributed by atoms with van der Waals surface area (Å²) in [5, 5.41) is 6.29. The number of carbonyl (C=O) groups excluding carboxylic acids is 3. The van der Waals surface area contributed by atoms with Crippen LogP contribution in [0.5, 0.6) is 5.75 Å². The van der Waals surface area contributed by atoms with Gasteiger partial charge in [0.25, 0.3) is 5.91 Å². The number of pyridine rings is 2. The van der Waals surface area contributed by atoms with Gasteiger partial charge in [0.2, 0.25) is 5.78 Å². The number of nitrogens with one attached hydrogen (secondary N) is 2. The third-order valence-electron chi connectivity index (χ3n) is 7.76. The van der Waals surface area contributed by atoms with E-state index < -0.39 is 6.03 Å². The van der Waals surface area contributed by atoms with Gasteiger partial charge in [0.05, 0.1) is 30.7 Å². The summed E-state index contributed by atoms with van der Waals surface area (Å²) in [6, 6.07) is 17.4. The second-order valence-electron chi connectivity index (χ2n) is 10.7. The van der Waals surface area contributed by atoms with Gasteiger partial charge in [-0.3, -0.25) is 14.6 Å². The molecule has 0 unspecified atom stereocenters. The lowest BCUT2D eigenvalue weighted by Gasteiger charge is -2.26. The van der Waals surface area contributed by atoms with Crippen molar-refractivity contribution in [1.29, 1.82) is 0 Å². The molecular weight excluding hydrogens is 572 g/mol. The standard InChI is InChI=1S/C34H28N6O5/c1-39-20-23(17-29-31(41)27-18-24(8-9-28(27)45-29)37-34(43)38-25-3-2-11-35-19-25)30-26(10-12-36-32(30)39)21-4-6-22(7-5-21)33(42)40-13-15-44-16-14-40/h2-12,17-20H,13-16H2,1H3,(H2,37,38,43)/b29-17-. The number of nitrogens with zero attached hydrogens (tertiary/aromatic N) is 4. The van der Waals surface area contributed by atoms with Crippen LogP contribution in [0.1, 0.15) is 26.3 Å². The summed E-state index contributed by atoms with van der Waals surface area (Å²) in [4.78, 5) is 49.2. The summed E-state index contributed by atoms with van der Waals surface area (Å²) in [5.74, 6) is 0.257. The van der Waals surface area contributed by atoms with E-state index in [0.717, 1.165) is 27.7 Å². The molecule has 2 aliphatic rings. The average molecular weight is 601 g/mol. The number of rotatable bonds is 5. The Morgan fingerprint density at radius 2 is 1.73 bits per heavy atom. The zero-order chi connectivity index (χ0) is 30.9. The summed E-state index contributed by atoms with van der Waals surface area (Å²) < 4.78 is 13.2. The number of aryl methyl sites for hydroxylation is 1. The summed E-state index contributed by atoms with van der Waals surface area (Å²) >= 11 is 0. The Balaban J connectivity index is 1.15. The maximum absolute atomic E-state index is 13.5. The molecule has 1 fully saturated rings. The lowest BCUT2D eigenvalue weighted by molar-refractivity contribution is 0.0303. The fourth-order valence-corrected chi connectivity index (χ4v) is 5.57. The normalized spacial score (nSPS) is 15.2. The Morgan fingerprint density at radius 1 is 0.933 bits per heavy atom. The van der Waals surface area contributed by atoms with Crippen LogP contribution < -0.4 is 15.4 Å². The Kier molecular flexibility index (Phi) is 7.28. The zero-order valence-electron chi connectivity index (χ0n) is 24.3. The highest BCUT2D eigenvalue weighted by Crippen LogP contribution is 2.37. The summed E-state index contributed by atoms with van der Waals surface area (Å²) in [7, 11) is 1.89. The van der Waals surface area contributed by atoms with Gasteiger partial charge in [-0.25, -0.2) is 9.78 Å². The third-order valence-corrected chi connectivity index (χ3v) is 7.76. The van der Waals surface area contributed by atoms with Crippen molar-refractivity contribution in [3.05, 3.63) is 108 Å². The molecule has 0 aliphatic carbocycles. The molecule has 11 nitrogen and oxygen atoms in total. The molecule has 0 bridgehead atoms. The van der Waals surface area contributed by atoms with E-state index in [-0.39, 0.29) is 17.4 Å². The molecule has 224 valence electrons. The van der Waals surface area contributed by atoms with Crippen molar-refractivity contribution >= 4 is 46.2 Å². The molecule has 2 aromatic carbocycles. The number of anilines is 2. The molecule has 5 aromatic rings. The van der Waals surface area contributed by atoms with Gasteiger partial charge in [-0.2, -0.15) is 0 Å². The van der Waals surface area contributed by atoms with Crippen molar-refractivity contribution in [1.82, 2.24) is 19.4 Å². The van der Waals surface area contributed by atoms with Gasteiger partial charge < -0.3 is 29.6 Å². The van der Waals surface area contributed by atoms with Crippen LogP contribution in [-0.2, 0) is 11.8 Å². The second-order valence-corrected chi connectivity index (χ2v) is 10.7. The van der Waals surface area contributed by atoms with E-state index in [2.05, 4.69) is 20.6 Å². The van der Waals surface area contributed by atoms with Crippen molar-refractivity contribution in [3.8, 4) is 16.9 Å². The van der Waals surface area contributed by atoms with Crippen LogP contribution in [0, 0.1) is 0 Å². The number of hydrogen-bond donors (Lipinski definition) is 2. The van der Waals surface area contributed by atoms with Crippen molar-refractivity contribution in [2.75, 3.05) is 36.9 Å². The Hall–Kier alpha value is -5.81. The first kappa shape index (κ1) is 28.0. The number of hydrogen-bond acceptors (Lipinski definition) is 7. The molecule has 0 radical (unpaired) electrons. The van der Waals surface area contributed by atoms with Gasteiger partial charge in [-0.05, 0) is 65.7 Å². The monoisotopic (exact) mass is 600 g/mol. The number of fused-ring (bicyclic) bond motifs is 2. The van der Waals surface area contributed by atoms with Gasteiger partial charge >= 0.3 is 6.03 Å². The number of ketones is 1. The number of carbonyl (C=O) groups is 3. The molecule has 0 atom stereocenters. The van der Waals surface area contributed by atoms with Crippen LogP contribution in [0.2, 0.25) is 0 Å². The van der Waals surface area contributed by atoms with E-state index in [1.165, 1.54) is 6.20 Å². The van der Waals surface area contributed by atoms with E-state index in [1.807, 2.05) is 48.1 Å². The maximum atomic E-state index is 13.5. The summed E-state index contributed by atoms with van der Waals surface area (Å²) in [6.45, 7) is 2.25. The van der Waals surface area contributed by atoms with Gasteiger partial charge in [0, 0.05) is 60.9 Å². The van der Waals surface area contributed by atoms with Crippen LogP contribution in [0.4, 0.5) is 16.2 Å².